The molecule has 0 aliphatic rings. The van der Waals surface area contributed by atoms with Gasteiger partial charge in [-0.05, 0) is 51.1 Å². The summed E-state index contributed by atoms with van der Waals surface area (Å²) in [7, 11) is 0. The quantitative estimate of drug-likeness (QED) is 0.337. The highest BCUT2D eigenvalue weighted by molar-refractivity contribution is 6.42. The number of amides is 1. The largest absolute Gasteiger partial charge is 0.449 e. The molecular weight excluding hydrogens is 473 g/mol. The summed E-state index contributed by atoms with van der Waals surface area (Å²) in [5, 5.41) is 7.77. The first-order valence-electron chi connectivity index (χ1n) is 9.63. The lowest BCUT2D eigenvalue weighted by Gasteiger charge is -2.14. The number of nitrogens with one attached hydrogen (secondary N) is 1. The monoisotopic (exact) mass is 491 g/mol. The van der Waals surface area contributed by atoms with Gasteiger partial charge in [0, 0.05) is 22.4 Å². The highest BCUT2D eigenvalue weighted by Crippen LogP contribution is 2.33. The van der Waals surface area contributed by atoms with Crippen LogP contribution in [-0.4, -0.2) is 27.8 Å². The third-order valence-corrected chi connectivity index (χ3v) is 5.47. The fourth-order valence-electron chi connectivity index (χ4n) is 3.02. The Hall–Kier alpha value is -2.80. The molecule has 3 rings (SSSR count). The van der Waals surface area contributed by atoms with Crippen LogP contribution in [0.3, 0.4) is 0 Å². The molecule has 2 aromatic carbocycles. The number of benzene rings is 2. The smallest absolute Gasteiger partial charge is 0.331 e. The molecule has 3 aromatic rings. The number of aryl methyl sites for hydroxylation is 1. The lowest BCUT2D eigenvalue weighted by molar-refractivity contribution is -0.148. The van der Waals surface area contributed by atoms with Crippen molar-refractivity contribution >= 4 is 58.4 Å². The summed E-state index contributed by atoms with van der Waals surface area (Å²) in [6, 6.07) is 12.6. The standard InChI is InChI=1S/C23H20Cl3N3O3/c1-13-18(14(2)29(28-13)17-7-5-4-6-8-17)9-10-21(30)32-15(3)23(31)27-22-19(25)11-16(24)12-20(22)26/h4-12,15H,1-3H3,(H,27,31)/b10-9+. The molecular formula is C23H20Cl3N3O3. The van der Waals surface area contributed by atoms with Crippen LogP contribution >= 0.6 is 34.8 Å². The number of carbonyl (C=O) groups is 2. The van der Waals surface area contributed by atoms with E-state index in [0.717, 1.165) is 22.6 Å². The SMILES string of the molecule is Cc1nn(-c2ccccc2)c(C)c1/C=C/C(=O)OC(C)C(=O)Nc1c(Cl)cc(Cl)cc1Cl. The Balaban J connectivity index is 1.67. The molecule has 1 unspecified atom stereocenters. The molecule has 0 saturated heterocycles. The maximum Gasteiger partial charge on any atom is 0.331 e. The van der Waals surface area contributed by atoms with Crippen molar-refractivity contribution in [2.45, 2.75) is 26.9 Å². The van der Waals surface area contributed by atoms with Crippen LogP contribution in [0, 0.1) is 13.8 Å². The van der Waals surface area contributed by atoms with Gasteiger partial charge in [-0.1, -0.05) is 53.0 Å². The maximum absolute atomic E-state index is 12.4. The number of hydrogen-bond donors (Lipinski definition) is 1. The van der Waals surface area contributed by atoms with Gasteiger partial charge in [-0.3, -0.25) is 4.79 Å². The number of esters is 1. The molecule has 1 amide bonds. The molecule has 1 heterocycles. The molecule has 0 bridgehead atoms. The molecule has 166 valence electrons. The Kier molecular flexibility index (Phi) is 7.61. The van der Waals surface area contributed by atoms with Gasteiger partial charge >= 0.3 is 5.97 Å². The number of halogens is 3. The van der Waals surface area contributed by atoms with Gasteiger partial charge in [0.05, 0.1) is 27.1 Å². The topological polar surface area (TPSA) is 73.2 Å². The molecule has 0 aliphatic heterocycles. The highest BCUT2D eigenvalue weighted by Gasteiger charge is 2.20. The van der Waals surface area contributed by atoms with Crippen LogP contribution in [0.2, 0.25) is 15.1 Å². The van der Waals surface area contributed by atoms with E-state index in [9.17, 15) is 9.59 Å². The van der Waals surface area contributed by atoms with Crippen LogP contribution in [0.1, 0.15) is 23.9 Å². The minimum absolute atomic E-state index is 0.177. The Morgan fingerprint density at radius 2 is 1.72 bits per heavy atom. The number of anilines is 1. The Morgan fingerprint density at radius 1 is 1.09 bits per heavy atom. The van der Waals surface area contributed by atoms with E-state index in [1.54, 1.807) is 10.8 Å². The molecule has 0 saturated carbocycles. The fourth-order valence-corrected chi connectivity index (χ4v) is 3.93. The number of aromatic nitrogens is 2. The lowest BCUT2D eigenvalue weighted by Crippen LogP contribution is -2.29. The highest BCUT2D eigenvalue weighted by atomic mass is 35.5. The van der Waals surface area contributed by atoms with Crippen molar-refractivity contribution in [2.75, 3.05) is 5.32 Å². The van der Waals surface area contributed by atoms with E-state index >= 15 is 0 Å². The van der Waals surface area contributed by atoms with E-state index in [-0.39, 0.29) is 15.7 Å². The predicted molar refractivity (Wildman–Crippen MR) is 128 cm³/mol. The van der Waals surface area contributed by atoms with E-state index in [2.05, 4.69) is 10.4 Å². The van der Waals surface area contributed by atoms with Gasteiger partial charge in [0.2, 0.25) is 0 Å². The zero-order chi connectivity index (χ0) is 23.4. The van der Waals surface area contributed by atoms with Crippen LogP contribution in [0.15, 0.2) is 48.5 Å². The van der Waals surface area contributed by atoms with Crippen molar-refractivity contribution < 1.29 is 14.3 Å². The molecule has 1 N–H and O–H groups in total. The van der Waals surface area contributed by atoms with E-state index in [1.807, 2.05) is 44.2 Å². The first kappa shape index (κ1) is 23.9. The normalized spacial score (nSPS) is 12.1. The van der Waals surface area contributed by atoms with Crippen molar-refractivity contribution in [2.24, 2.45) is 0 Å². The fraction of sp³-hybridized carbons (Fsp3) is 0.174. The van der Waals surface area contributed by atoms with Gasteiger partial charge in [0.25, 0.3) is 5.91 Å². The number of rotatable bonds is 6. The number of nitrogens with zero attached hydrogens (tertiary/aromatic N) is 2. The summed E-state index contributed by atoms with van der Waals surface area (Å²) in [6.07, 6.45) is 1.80. The third-order valence-electron chi connectivity index (χ3n) is 4.65. The van der Waals surface area contributed by atoms with E-state index < -0.39 is 18.0 Å². The Morgan fingerprint density at radius 3 is 2.34 bits per heavy atom. The van der Waals surface area contributed by atoms with E-state index in [1.165, 1.54) is 25.1 Å². The first-order valence-corrected chi connectivity index (χ1v) is 10.8. The predicted octanol–water partition coefficient (Wildman–Crippen LogP) is 6.03. The zero-order valence-electron chi connectivity index (χ0n) is 17.5. The number of para-hydroxylation sites is 1. The minimum Gasteiger partial charge on any atom is -0.449 e. The molecule has 32 heavy (non-hydrogen) atoms. The second kappa shape index (κ2) is 10.2. The number of carbonyl (C=O) groups excluding carboxylic acids is 2. The van der Waals surface area contributed by atoms with E-state index in [0.29, 0.717) is 5.02 Å². The van der Waals surface area contributed by atoms with Crippen molar-refractivity contribution in [3.63, 3.8) is 0 Å². The second-order valence-corrected chi connectivity index (χ2v) is 8.23. The second-order valence-electron chi connectivity index (χ2n) is 6.98. The molecule has 0 spiro atoms. The third kappa shape index (κ3) is 5.51. The molecule has 0 aliphatic carbocycles. The molecule has 1 atom stereocenters. The summed E-state index contributed by atoms with van der Waals surface area (Å²) in [6.45, 7) is 5.21. The summed E-state index contributed by atoms with van der Waals surface area (Å²) in [5.74, 6) is -1.26. The van der Waals surface area contributed by atoms with Crippen LogP contribution in [0.25, 0.3) is 11.8 Å². The van der Waals surface area contributed by atoms with Gasteiger partial charge in [-0.15, -0.1) is 0 Å². The number of hydrogen-bond acceptors (Lipinski definition) is 4. The average molecular weight is 493 g/mol. The Bertz CT molecular complexity index is 1170. The summed E-state index contributed by atoms with van der Waals surface area (Å²) in [4.78, 5) is 24.7. The minimum atomic E-state index is -1.08. The van der Waals surface area contributed by atoms with Crippen molar-refractivity contribution in [1.29, 1.82) is 0 Å². The van der Waals surface area contributed by atoms with Crippen LogP contribution < -0.4 is 5.32 Å². The molecule has 6 nitrogen and oxygen atoms in total. The maximum atomic E-state index is 12.4. The molecule has 9 heteroatoms. The molecule has 0 fully saturated rings. The van der Waals surface area contributed by atoms with Gasteiger partial charge in [-0.2, -0.15) is 5.10 Å². The van der Waals surface area contributed by atoms with Gasteiger partial charge in [0.1, 0.15) is 0 Å². The van der Waals surface area contributed by atoms with Gasteiger partial charge in [0.15, 0.2) is 6.10 Å². The Labute approximate surface area is 200 Å². The molecule has 1 aromatic heterocycles. The van der Waals surface area contributed by atoms with Crippen molar-refractivity contribution in [3.05, 3.63) is 80.6 Å². The summed E-state index contributed by atoms with van der Waals surface area (Å²) >= 11 is 18.0. The summed E-state index contributed by atoms with van der Waals surface area (Å²) in [5.41, 5.74) is 3.53. The summed E-state index contributed by atoms with van der Waals surface area (Å²) < 4.78 is 7.01. The van der Waals surface area contributed by atoms with Crippen LogP contribution in [0.4, 0.5) is 5.69 Å². The average Bonchev–Trinajstić information content (AvgIpc) is 3.03. The van der Waals surface area contributed by atoms with Gasteiger partial charge < -0.3 is 10.1 Å². The van der Waals surface area contributed by atoms with E-state index in [4.69, 9.17) is 39.5 Å². The van der Waals surface area contributed by atoms with Crippen molar-refractivity contribution in [3.8, 4) is 5.69 Å². The van der Waals surface area contributed by atoms with Crippen LogP contribution in [0.5, 0.6) is 0 Å². The van der Waals surface area contributed by atoms with Crippen LogP contribution in [-0.2, 0) is 14.3 Å². The van der Waals surface area contributed by atoms with Gasteiger partial charge in [-0.25, -0.2) is 9.48 Å². The number of ether oxygens (including phenoxy) is 1. The zero-order valence-corrected chi connectivity index (χ0v) is 19.8. The first-order chi connectivity index (χ1) is 15.2. The lowest BCUT2D eigenvalue weighted by atomic mass is 10.2. The van der Waals surface area contributed by atoms with Crippen molar-refractivity contribution in [1.82, 2.24) is 9.78 Å². The molecule has 0 radical (unpaired) electrons.